The van der Waals surface area contributed by atoms with Crippen LogP contribution in [0, 0.1) is 6.92 Å². The Labute approximate surface area is 97.0 Å². The van der Waals surface area contributed by atoms with Crippen LogP contribution in [0.1, 0.15) is 24.5 Å². The molecule has 0 aliphatic heterocycles. The van der Waals surface area contributed by atoms with Crippen molar-refractivity contribution in [1.82, 2.24) is 5.32 Å². The summed E-state index contributed by atoms with van der Waals surface area (Å²) in [6.45, 7) is 4.44. The molecule has 1 aromatic rings. The monoisotopic (exact) mass is 220 g/mol. The molecule has 1 atom stereocenters. The third kappa shape index (κ3) is 4.45. The number of carbonyl (C=O) groups is 1. The van der Waals surface area contributed by atoms with E-state index in [1.807, 2.05) is 6.92 Å². The number of rotatable bonds is 5. The molecule has 1 rings (SSSR count). The van der Waals surface area contributed by atoms with E-state index in [1.165, 1.54) is 11.1 Å². The van der Waals surface area contributed by atoms with Crippen LogP contribution in [-0.4, -0.2) is 18.5 Å². The van der Waals surface area contributed by atoms with Gasteiger partial charge in [0.25, 0.3) is 0 Å². The van der Waals surface area contributed by atoms with Gasteiger partial charge < -0.3 is 11.1 Å². The van der Waals surface area contributed by atoms with Gasteiger partial charge >= 0.3 is 0 Å². The van der Waals surface area contributed by atoms with Crippen molar-refractivity contribution in [2.24, 2.45) is 5.73 Å². The standard InChI is InChI=1S/C13H20N2O/c1-10-3-5-12(6-4-10)7-8-13(16)15-11(2)9-14/h3-6,11H,7-9,14H2,1-2H3,(H,15,16). The van der Waals surface area contributed by atoms with Crippen LogP contribution in [-0.2, 0) is 11.2 Å². The molecule has 88 valence electrons. The van der Waals surface area contributed by atoms with E-state index in [2.05, 4.69) is 36.5 Å². The first-order valence-corrected chi connectivity index (χ1v) is 5.67. The smallest absolute Gasteiger partial charge is 0.220 e. The number of aryl methyl sites for hydroxylation is 2. The van der Waals surface area contributed by atoms with Crippen LogP contribution in [0.5, 0.6) is 0 Å². The highest BCUT2D eigenvalue weighted by molar-refractivity contribution is 5.76. The predicted molar refractivity (Wildman–Crippen MR) is 66.2 cm³/mol. The Morgan fingerprint density at radius 1 is 1.38 bits per heavy atom. The zero-order chi connectivity index (χ0) is 12.0. The average Bonchev–Trinajstić information content (AvgIpc) is 2.28. The van der Waals surface area contributed by atoms with Gasteiger partial charge in [0, 0.05) is 19.0 Å². The van der Waals surface area contributed by atoms with Crippen molar-refractivity contribution in [3.8, 4) is 0 Å². The molecule has 0 bridgehead atoms. The minimum absolute atomic E-state index is 0.0607. The average molecular weight is 220 g/mol. The predicted octanol–water partition coefficient (Wildman–Crippen LogP) is 1.39. The summed E-state index contributed by atoms with van der Waals surface area (Å²) in [6.07, 6.45) is 1.30. The van der Waals surface area contributed by atoms with Gasteiger partial charge in [-0.15, -0.1) is 0 Å². The Morgan fingerprint density at radius 3 is 2.56 bits per heavy atom. The molecular formula is C13H20N2O. The molecule has 1 unspecified atom stereocenters. The molecule has 0 heterocycles. The Hall–Kier alpha value is -1.35. The first-order valence-electron chi connectivity index (χ1n) is 5.67. The van der Waals surface area contributed by atoms with Crippen LogP contribution in [0.15, 0.2) is 24.3 Å². The molecular weight excluding hydrogens is 200 g/mol. The first kappa shape index (κ1) is 12.7. The van der Waals surface area contributed by atoms with E-state index in [4.69, 9.17) is 5.73 Å². The third-order valence-electron chi connectivity index (χ3n) is 2.52. The maximum Gasteiger partial charge on any atom is 0.220 e. The molecule has 3 nitrogen and oxygen atoms in total. The summed E-state index contributed by atoms with van der Waals surface area (Å²) in [5, 5.41) is 2.85. The summed E-state index contributed by atoms with van der Waals surface area (Å²) in [4.78, 5) is 11.5. The molecule has 1 amide bonds. The van der Waals surface area contributed by atoms with Gasteiger partial charge in [-0.1, -0.05) is 29.8 Å². The van der Waals surface area contributed by atoms with Gasteiger partial charge in [0.1, 0.15) is 0 Å². The van der Waals surface area contributed by atoms with Gasteiger partial charge in [0.2, 0.25) is 5.91 Å². The number of nitrogens with one attached hydrogen (secondary N) is 1. The molecule has 0 saturated carbocycles. The molecule has 0 spiro atoms. The van der Waals surface area contributed by atoms with Crippen molar-refractivity contribution in [3.63, 3.8) is 0 Å². The van der Waals surface area contributed by atoms with E-state index in [9.17, 15) is 4.79 Å². The lowest BCUT2D eigenvalue weighted by Crippen LogP contribution is -2.37. The van der Waals surface area contributed by atoms with Crippen LogP contribution in [0.4, 0.5) is 0 Å². The third-order valence-corrected chi connectivity index (χ3v) is 2.52. The van der Waals surface area contributed by atoms with Gasteiger partial charge in [0.15, 0.2) is 0 Å². The first-order chi connectivity index (χ1) is 7.61. The molecule has 0 saturated heterocycles. The summed E-state index contributed by atoms with van der Waals surface area (Å²) in [5.74, 6) is 0.0681. The summed E-state index contributed by atoms with van der Waals surface area (Å²) in [7, 11) is 0. The number of benzene rings is 1. The lowest BCUT2D eigenvalue weighted by Gasteiger charge is -2.11. The summed E-state index contributed by atoms with van der Waals surface area (Å²) in [5.41, 5.74) is 7.87. The van der Waals surface area contributed by atoms with Crippen LogP contribution in [0.3, 0.4) is 0 Å². The van der Waals surface area contributed by atoms with Gasteiger partial charge in [-0.05, 0) is 25.8 Å². The second-order valence-corrected chi connectivity index (χ2v) is 4.19. The summed E-state index contributed by atoms with van der Waals surface area (Å²) >= 11 is 0. The fourth-order valence-electron chi connectivity index (χ4n) is 1.42. The molecule has 3 heteroatoms. The molecule has 0 radical (unpaired) electrons. The van der Waals surface area contributed by atoms with Gasteiger partial charge in [-0.3, -0.25) is 4.79 Å². The summed E-state index contributed by atoms with van der Waals surface area (Å²) in [6, 6.07) is 8.32. The number of hydrogen-bond acceptors (Lipinski definition) is 2. The Balaban J connectivity index is 2.34. The normalized spacial score (nSPS) is 12.2. The number of nitrogens with two attached hydrogens (primary N) is 1. The maximum absolute atomic E-state index is 11.5. The van der Waals surface area contributed by atoms with Crippen molar-refractivity contribution in [2.75, 3.05) is 6.54 Å². The van der Waals surface area contributed by atoms with Crippen LogP contribution in [0.25, 0.3) is 0 Å². The fourth-order valence-corrected chi connectivity index (χ4v) is 1.42. The van der Waals surface area contributed by atoms with E-state index < -0.39 is 0 Å². The van der Waals surface area contributed by atoms with Crippen molar-refractivity contribution < 1.29 is 4.79 Å². The second-order valence-electron chi connectivity index (χ2n) is 4.19. The molecule has 0 aliphatic carbocycles. The van der Waals surface area contributed by atoms with Crippen molar-refractivity contribution >= 4 is 5.91 Å². The lowest BCUT2D eigenvalue weighted by molar-refractivity contribution is -0.121. The van der Waals surface area contributed by atoms with E-state index in [1.54, 1.807) is 0 Å². The zero-order valence-electron chi connectivity index (χ0n) is 9.99. The zero-order valence-corrected chi connectivity index (χ0v) is 9.99. The molecule has 0 fully saturated rings. The number of amides is 1. The van der Waals surface area contributed by atoms with Gasteiger partial charge in [-0.25, -0.2) is 0 Å². The van der Waals surface area contributed by atoms with E-state index >= 15 is 0 Å². The maximum atomic E-state index is 11.5. The van der Waals surface area contributed by atoms with Crippen LogP contribution < -0.4 is 11.1 Å². The Bertz CT molecular complexity index is 332. The minimum atomic E-state index is 0.0607. The van der Waals surface area contributed by atoms with Gasteiger partial charge in [-0.2, -0.15) is 0 Å². The molecule has 1 aromatic carbocycles. The van der Waals surface area contributed by atoms with Crippen molar-refractivity contribution in [3.05, 3.63) is 35.4 Å². The molecule has 3 N–H and O–H groups in total. The molecule has 0 aliphatic rings. The van der Waals surface area contributed by atoms with Crippen LogP contribution >= 0.6 is 0 Å². The van der Waals surface area contributed by atoms with Crippen molar-refractivity contribution in [1.29, 1.82) is 0 Å². The Morgan fingerprint density at radius 2 is 2.00 bits per heavy atom. The lowest BCUT2D eigenvalue weighted by atomic mass is 10.1. The highest BCUT2D eigenvalue weighted by atomic mass is 16.1. The highest BCUT2D eigenvalue weighted by Crippen LogP contribution is 2.05. The van der Waals surface area contributed by atoms with E-state index in [0.717, 1.165) is 6.42 Å². The minimum Gasteiger partial charge on any atom is -0.352 e. The van der Waals surface area contributed by atoms with Crippen LogP contribution in [0.2, 0.25) is 0 Å². The SMILES string of the molecule is Cc1ccc(CCC(=O)NC(C)CN)cc1. The molecule has 16 heavy (non-hydrogen) atoms. The Kier molecular flexibility index (Phi) is 4.99. The topological polar surface area (TPSA) is 55.1 Å². The quantitative estimate of drug-likeness (QED) is 0.788. The van der Waals surface area contributed by atoms with E-state index in [-0.39, 0.29) is 11.9 Å². The number of carbonyl (C=O) groups excluding carboxylic acids is 1. The van der Waals surface area contributed by atoms with E-state index in [0.29, 0.717) is 13.0 Å². The van der Waals surface area contributed by atoms with Gasteiger partial charge in [0.05, 0.1) is 0 Å². The fraction of sp³-hybridized carbons (Fsp3) is 0.462. The second kappa shape index (κ2) is 6.28. The van der Waals surface area contributed by atoms with Crippen molar-refractivity contribution in [2.45, 2.75) is 32.7 Å². The molecule has 0 aromatic heterocycles. The summed E-state index contributed by atoms with van der Waals surface area (Å²) < 4.78 is 0. The number of hydrogen-bond donors (Lipinski definition) is 2. The largest absolute Gasteiger partial charge is 0.352 e. The highest BCUT2D eigenvalue weighted by Gasteiger charge is 2.05.